The van der Waals surface area contributed by atoms with E-state index in [1.165, 1.54) is 0 Å². The van der Waals surface area contributed by atoms with E-state index in [4.69, 9.17) is 32.7 Å². The van der Waals surface area contributed by atoms with E-state index in [1.54, 1.807) is 13.4 Å². The van der Waals surface area contributed by atoms with Crippen molar-refractivity contribution < 1.29 is 9.47 Å². The molecule has 0 amide bonds. The third kappa shape index (κ3) is 4.50. The molecular formula is C15H17Cl2N3O2S. The number of hydrogen-bond acceptors (Lipinski definition) is 5. The average Bonchev–Trinajstić information content (AvgIpc) is 2.84. The van der Waals surface area contributed by atoms with Gasteiger partial charge in [0.1, 0.15) is 4.34 Å². The summed E-state index contributed by atoms with van der Waals surface area (Å²) in [7, 11) is 3.54. The van der Waals surface area contributed by atoms with Crippen LogP contribution >= 0.6 is 34.5 Å². The first-order valence-corrected chi connectivity index (χ1v) is 8.44. The van der Waals surface area contributed by atoms with Crippen LogP contribution in [-0.2, 0) is 0 Å². The number of ether oxygens (including phenoxy) is 2. The fourth-order valence-electron chi connectivity index (χ4n) is 1.68. The lowest BCUT2D eigenvalue weighted by Gasteiger charge is -2.12. The molecule has 8 heteroatoms. The Bertz CT molecular complexity index is 699. The van der Waals surface area contributed by atoms with E-state index >= 15 is 0 Å². The van der Waals surface area contributed by atoms with Gasteiger partial charge in [-0.3, -0.25) is 0 Å². The van der Waals surface area contributed by atoms with Crippen LogP contribution in [0.5, 0.6) is 16.7 Å². The summed E-state index contributed by atoms with van der Waals surface area (Å²) >= 11 is 12.9. The van der Waals surface area contributed by atoms with Crippen LogP contribution in [0.4, 0.5) is 5.69 Å². The predicted molar refractivity (Wildman–Crippen MR) is 96.4 cm³/mol. The van der Waals surface area contributed by atoms with Gasteiger partial charge in [0.25, 0.3) is 5.19 Å². The zero-order chi connectivity index (χ0) is 17.0. The molecule has 0 spiro atoms. The number of aliphatic imine (C=N–C) groups is 1. The van der Waals surface area contributed by atoms with Crippen LogP contribution in [-0.4, -0.2) is 36.9 Å². The topological polar surface area (TPSA) is 47.0 Å². The van der Waals surface area contributed by atoms with Crippen LogP contribution in [0.2, 0.25) is 9.49 Å². The van der Waals surface area contributed by atoms with Gasteiger partial charge in [-0.15, -0.1) is 0 Å². The summed E-state index contributed by atoms with van der Waals surface area (Å²) < 4.78 is 11.5. The molecule has 0 saturated carbocycles. The number of halogens is 2. The smallest absolute Gasteiger partial charge is 0.281 e. The Morgan fingerprint density at radius 2 is 2.09 bits per heavy atom. The van der Waals surface area contributed by atoms with Crippen molar-refractivity contribution in [1.82, 2.24) is 9.88 Å². The Morgan fingerprint density at radius 3 is 2.65 bits per heavy atom. The van der Waals surface area contributed by atoms with Crippen molar-refractivity contribution >= 4 is 46.6 Å². The van der Waals surface area contributed by atoms with Gasteiger partial charge in [0.2, 0.25) is 0 Å². The van der Waals surface area contributed by atoms with Crippen molar-refractivity contribution in [2.24, 2.45) is 4.99 Å². The predicted octanol–water partition coefficient (Wildman–Crippen LogP) is 5.17. The molecule has 0 aliphatic heterocycles. The highest BCUT2D eigenvalue weighted by atomic mass is 35.5. The van der Waals surface area contributed by atoms with Gasteiger partial charge in [0.15, 0.2) is 16.7 Å². The molecule has 0 N–H and O–H groups in total. The standard InChI is InChI=1S/C15H17Cl2N3O2S/c1-5-20(3)8-18-10-7-11(21-4)12(6-9(10)2)22-15-19-13(16)14(17)23-15/h6-8H,5H2,1-4H3/b18-8-. The molecule has 0 aliphatic carbocycles. The van der Waals surface area contributed by atoms with Crippen molar-refractivity contribution in [2.75, 3.05) is 20.7 Å². The molecule has 23 heavy (non-hydrogen) atoms. The summed E-state index contributed by atoms with van der Waals surface area (Å²) in [4.78, 5) is 10.5. The average molecular weight is 374 g/mol. The van der Waals surface area contributed by atoms with E-state index in [0.717, 1.165) is 29.1 Å². The maximum absolute atomic E-state index is 5.90. The number of aryl methyl sites for hydroxylation is 1. The molecule has 5 nitrogen and oxygen atoms in total. The van der Waals surface area contributed by atoms with Crippen LogP contribution in [0.1, 0.15) is 12.5 Å². The van der Waals surface area contributed by atoms with E-state index in [1.807, 2.05) is 31.0 Å². The van der Waals surface area contributed by atoms with Gasteiger partial charge < -0.3 is 14.4 Å². The van der Waals surface area contributed by atoms with Gasteiger partial charge in [-0.05, 0) is 25.5 Å². The van der Waals surface area contributed by atoms with E-state index < -0.39 is 0 Å². The maximum Gasteiger partial charge on any atom is 0.281 e. The number of aromatic nitrogens is 1. The molecule has 2 aromatic rings. The Balaban J connectivity index is 2.30. The van der Waals surface area contributed by atoms with E-state index in [0.29, 0.717) is 21.0 Å². The fraction of sp³-hybridized carbons (Fsp3) is 0.333. The molecule has 0 aliphatic rings. The molecule has 1 aromatic heterocycles. The lowest BCUT2D eigenvalue weighted by Crippen LogP contribution is -2.14. The number of thiazole rings is 1. The lowest BCUT2D eigenvalue weighted by molar-refractivity contribution is 0.378. The number of methoxy groups -OCH3 is 1. The summed E-state index contributed by atoms with van der Waals surface area (Å²) in [6.07, 6.45) is 1.78. The van der Waals surface area contributed by atoms with Crippen molar-refractivity contribution in [3.05, 3.63) is 27.2 Å². The van der Waals surface area contributed by atoms with Crippen molar-refractivity contribution in [3.63, 3.8) is 0 Å². The first-order valence-electron chi connectivity index (χ1n) is 6.87. The Labute approximate surface area is 149 Å². The van der Waals surface area contributed by atoms with Crippen molar-refractivity contribution in [3.8, 4) is 16.7 Å². The summed E-state index contributed by atoms with van der Waals surface area (Å²) in [5.41, 5.74) is 1.76. The zero-order valence-electron chi connectivity index (χ0n) is 13.3. The highest BCUT2D eigenvalue weighted by Crippen LogP contribution is 2.40. The molecule has 2 rings (SSSR count). The van der Waals surface area contributed by atoms with Crippen LogP contribution in [0.25, 0.3) is 0 Å². The molecule has 0 bridgehead atoms. The molecule has 124 valence electrons. The summed E-state index contributed by atoms with van der Waals surface area (Å²) in [5, 5.41) is 0.589. The third-order valence-corrected chi connectivity index (χ3v) is 4.72. The Hall–Kier alpha value is -1.50. The highest BCUT2D eigenvalue weighted by Gasteiger charge is 2.14. The minimum Gasteiger partial charge on any atom is -0.493 e. The lowest BCUT2D eigenvalue weighted by atomic mass is 10.2. The first kappa shape index (κ1) is 17.8. The Morgan fingerprint density at radius 1 is 1.35 bits per heavy atom. The highest BCUT2D eigenvalue weighted by molar-refractivity contribution is 7.18. The number of hydrogen-bond donors (Lipinski definition) is 0. The summed E-state index contributed by atoms with van der Waals surface area (Å²) in [5.74, 6) is 1.10. The van der Waals surface area contributed by atoms with Crippen LogP contribution in [0.15, 0.2) is 17.1 Å². The maximum atomic E-state index is 5.90. The second-order valence-electron chi connectivity index (χ2n) is 4.75. The van der Waals surface area contributed by atoms with Gasteiger partial charge >= 0.3 is 0 Å². The second kappa shape index (κ2) is 7.86. The normalized spacial score (nSPS) is 11.0. The SMILES string of the molecule is CCN(C)/C=N\c1cc(OC)c(Oc2nc(Cl)c(Cl)s2)cc1C. The van der Waals surface area contributed by atoms with Gasteiger partial charge in [0.05, 0.1) is 19.1 Å². The molecule has 0 fully saturated rings. The molecule has 1 heterocycles. The van der Waals surface area contributed by atoms with Crippen LogP contribution in [0.3, 0.4) is 0 Å². The van der Waals surface area contributed by atoms with Gasteiger partial charge in [0, 0.05) is 19.7 Å². The number of rotatable bonds is 6. The summed E-state index contributed by atoms with van der Waals surface area (Å²) in [6, 6.07) is 3.67. The van der Waals surface area contributed by atoms with E-state index in [9.17, 15) is 0 Å². The molecular weight excluding hydrogens is 357 g/mol. The van der Waals surface area contributed by atoms with E-state index in [2.05, 4.69) is 16.9 Å². The number of benzene rings is 1. The van der Waals surface area contributed by atoms with Crippen molar-refractivity contribution in [1.29, 1.82) is 0 Å². The van der Waals surface area contributed by atoms with Gasteiger partial charge in [-0.2, -0.15) is 4.98 Å². The number of nitrogens with zero attached hydrogens (tertiary/aromatic N) is 3. The van der Waals surface area contributed by atoms with Crippen LogP contribution < -0.4 is 9.47 Å². The molecule has 0 radical (unpaired) electrons. The fourth-order valence-corrected chi connectivity index (χ4v) is 2.71. The minimum atomic E-state index is 0.228. The van der Waals surface area contributed by atoms with Crippen molar-refractivity contribution in [2.45, 2.75) is 13.8 Å². The third-order valence-electron chi connectivity index (χ3n) is 3.10. The molecule has 0 atom stereocenters. The zero-order valence-corrected chi connectivity index (χ0v) is 15.6. The minimum absolute atomic E-state index is 0.228. The molecule has 1 aromatic carbocycles. The van der Waals surface area contributed by atoms with E-state index in [-0.39, 0.29) is 5.15 Å². The van der Waals surface area contributed by atoms with Crippen LogP contribution in [0, 0.1) is 6.92 Å². The van der Waals surface area contributed by atoms with Gasteiger partial charge in [-0.1, -0.05) is 34.5 Å². The molecule has 0 saturated heterocycles. The molecule has 0 unspecified atom stereocenters. The first-order chi connectivity index (χ1) is 10.9. The quantitative estimate of drug-likeness (QED) is 0.517. The van der Waals surface area contributed by atoms with Gasteiger partial charge in [-0.25, -0.2) is 4.99 Å². The second-order valence-corrected chi connectivity index (χ2v) is 6.68. The monoisotopic (exact) mass is 373 g/mol. The largest absolute Gasteiger partial charge is 0.493 e. The Kier molecular flexibility index (Phi) is 6.10. The summed E-state index contributed by atoms with van der Waals surface area (Å²) in [6.45, 7) is 4.89.